The molecule has 0 fully saturated rings. The van der Waals surface area contributed by atoms with Crippen LogP contribution < -0.4 is 5.43 Å². The Labute approximate surface area is 94.7 Å². The Bertz CT molecular complexity index is 346. The van der Waals surface area contributed by atoms with Gasteiger partial charge >= 0.3 is 7.60 Å². The molecule has 8 heteroatoms. The minimum absolute atomic E-state index is 0.0631. The van der Waals surface area contributed by atoms with E-state index in [1.54, 1.807) is 0 Å². The van der Waals surface area contributed by atoms with Crippen molar-refractivity contribution in [2.75, 3.05) is 19.6 Å². The Kier molecular flexibility index (Phi) is 4.46. The molecule has 0 spiro atoms. The van der Waals surface area contributed by atoms with Gasteiger partial charge in [0.15, 0.2) is 0 Å². The Morgan fingerprint density at radius 2 is 1.75 bits per heavy atom. The predicted octanol–water partition coefficient (Wildman–Crippen LogP) is 1.29. The first-order valence-electron chi connectivity index (χ1n) is 4.86. The van der Waals surface area contributed by atoms with Crippen molar-refractivity contribution in [3.8, 4) is 0 Å². The van der Waals surface area contributed by atoms with Crippen molar-refractivity contribution in [2.24, 2.45) is 5.92 Å². The quantitative estimate of drug-likeness (QED) is 0.764. The molecule has 1 atom stereocenters. The van der Waals surface area contributed by atoms with Crippen molar-refractivity contribution in [2.45, 2.75) is 19.6 Å². The molecule has 7 nitrogen and oxygen atoms in total. The van der Waals surface area contributed by atoms with Gasteiger partial charge in [-0.2, -0.15) is 0 Å². The van der Waals surface area contributed by atoms with E-state index in [1.165, 1.54) is 31.6 Å². The lowest BCUT2D eigenvalue weighted by molar-refractivity contribution is 0.258. The summed E-state index contributed by atoms with van der Waals surface area (Å²) >= 11 is 0. The summed E-state index contributed by atoms with van der Waals surface area (Å²) in [5.74, 6) is -0.397. The second-order valence-corrected chi connectivity index (χ2v) is 5.96. The Balaban J connectivity index is 2.87. The standard InChI is InChI=1S/C8H17N4O3P/c1-7(2)8(16(13,14-3)15-4)11-12-5-9-10-6-12/h5-8,11H,1-4H3. The number of aromatic nitrogens is 3. The minimum Gasteiger partial charge on any atom is -0.310 e. The van der Waals surface area contributed by atoms with E-state index in [0.717, 1.165) is 0 Å². The summed E-state index contributed by atoms with van der Waals surface area (Å²) in [7, 11) is -0.439. The fourth-order valence-corrected chi connectivity index (χ4v) is 2.92. The van der Waals surface area contributed by atoms with Gasteiger partial charge in [0.05, 0.1) is 0 Å². The fraction of sp³-hybridized carbons (Fsp3) is 0.750. The summed E-state index contributed by atoms with van der Waals surface area (Å²) in [6.07, 6.45) is 2.95. The van der Waals surface area contributed by atoms with Crippen LogP contribution in [0.1, 0.15) is 13.8 Å². The van der Waals surface area contributed by atoms with Crippen LogP contribution in [0.25, 0.3) is 0 Å². The average Bonchev–Trinajstić information content (AvgIpc) is 2.77. The number of rotatable bonds is 6. The molecule has 0 aromatic carbocycles. The highest BCUT2D eigenvalue weighted by Crippen LogP contribution is 2.53. The van der Waals surface area contributed by atoms with Crippen LogP contribution in [0.2, 0.25) is 0 Å². The molecule has 0 bridgehead atoms. The molecule has 16 heavy (non-hydrogen) atoms. The average molecular weight is 248 g/mol. The largest absolute Gasteiger partial charge is 0.353 e. The van der Waals surface area contributed by atoms with Gasteiger partial charge in [-0.15, -0.1) is 10.2 Å². The van der Waals surface area contributed by atoms with Crippen LogP contribution in [0, 0.1) is 5.92 Å². The second-order valence-electron chi connectivity index (χ2n) is 3.59. The highest BCUT2D eigenvalue weighted by molar-refractivity contribution is 7.54. The van der Waals surface area contributed by atoms with Gasteiger partial charge in [0.1, 0.15) is 18.4 Å². The molecule has 0 amide bonds. The maximum atomic E-state index is 12.3. The van der Waals surface area contributed by atoms with Crippen LogP contribution >= 0.6 is 7.60 Å². The zero-order chi connectivity index (χ0) is 12.2. The van der Waals surface area contributed by atoms with E-state index >= 15 is 0 Å². The van der Waals surface area contributed by atoms with Gasteiger partial charge in [-0.05, 0) is 5.92 Å². The van der Waals surface area contributed by atoms with Crippen molar-refractivity contribution in [3.63, 3.8) is 0 Å². The maximum absolute atomic E-state index is 12.3. The molecule has 1 aromatic rings. The van der Waals surface area contributed by atoms with Crippen LogP contribution in [0.15, 0.2) is 12.7 Å². The third-order valence-electron chi connectivity index (χ3n) is 2.18. The Morgan fingerprint density at radius 1 is 1.25 bits per heavy atom. The Morgan fingerprint density at radius 3 is 2.12 bits per heavy atom. The monoisotopic (exact) mass is 248 g/mol. The molecular weight excluding hydrogens is 231 g/mol. The molecule has 1 N–H and O–H groups in total. The first-order chi connectivity index (χ1) is 7.53. The second kappa shape index (κ2) is 5.43. The van der Waals surface area contributed by atoms with Gasteiger partial charge in [0.25, 0.3) is 0 Å². The molecule has 0 saturated heterocycles. The van der Waals surface area contributed by atoms with E-state index in [4.69, 9.17) is 9.05 Å². The lowest BCUT2D eigenvalue weighted by Gasteiger charge is -2.28. The van der Waals surface area contributed by atoms with Gasteiger partial charge < -0.3 is 14.5 Å². The molecule has 1 aromatic heterocycles. The molecule has 0 aliphatic carbocycles. The normalized spacial score (nSPS) is 14.1. The lowest BCUT2D eigenvalue weighted by Crippen LogP contribution is -2.32. The number of hydrogen-bond donors (Lipinski definition) is 1. The fourth-order valence-electron chi connectivity index (χ4n) is 1.31. The third kappa shape index (κ3) is 2.81. The van der Waals surface area contributed by atoms with Gasteiger partial charge in [-0.1, -0.05) is 13.8 Å². The first-order valence-corrected chi connectivity index (χ1v) is 6.47. The number of nitrogens with one attached hydrogen (secondary N) is 1. The Hall–Kier alpha value is -0.910. The SMILES string of the molecule is COP(=O)(OC)C(Nn1cnnc1)C(C)C. The first kappa shape index (κ1) is 13.2. The minimum atomic E-state index is -3.18. The molecule has 0 saturated carbocycles. The molecular formula is C8H17N4O3P. The topological polar surface area (TPSA) is 78.3 Å². The van der Waals surface area contributed by atoms with Gasteiger partial charge in [0, 0.05) is 14.2 Å². The molecule has 1 rings (SSSR count). The van der Waals surface area contributed by atoms with Crippen molar-refractivity contribution in [3.05, 3.63) is 12.7 Å². The molecule has 1 unspecified atom stereocenters. The van der Waals surface area contributed by atoms with E-state index < -0.39 is 13.4 Å². The van der Waals surface area contributed by atoms with Gasteiger partial charge in [0.2, 0.25) is 0 Å². The zero-order valence-corrected chi connectivity index (χ0v) is 10.7. The van der Waals surface area contributed by atoms with E-state index in [1.807, 2.05) is 13.8 Å². The summed E-state index contributed by atoms with van der Waals surface area (Å²) in [5.41, 5.74) is 2.98. The zero-order valence-electron chi connectivity index (χ0n) is 9.82. The van der Waals surface area contributed by atoms with Crippen LogP contribution in [0.3, 0.4) is 0 Å². The van der Waals surface area contributed by atoms with Gasteiger partial charge in [-0.25, -0.2) is 4.68 Å². The summed E-state index contributed by atoms with van der Waals surface area (Å²) in [6.45, 7) is 3.85. The molecule has 1 heterocycles. The number of nitrogens with zero attached hydrogens (tertiary/aromatic N) is 3. The summed E-state index contributed by atoms with van der Waals surface area (Å²) < 4.78 is 23.7. The highest BCUT2D eigenvalue weighted by atomic mass is 31.2. The van der Waals surface area contributed by atoms with Crippen LogP contribution in [-0.4, -0.2) is 34.9 Å². The van der Waals surface area contributed by atoms with Crippen molar-refractivity contribution < 1.29 is 13.6 Å². The molecule has 0 aliphatic rings. The summed E-state index contributed by atoms with van der Waals surface area (Å²) in [5, 5.41) is 7.29. The predicted molar refractivity (Wildman–Crippen MR) is 59.6 cm³/mol. The van der Waals surface area contributed by atoms with Crippen LogP contribution in [0.5, 0.6) is 0 Å². The lowest BCUT2D eigenvalue weighted by atomic mass is 10.2. The van der Waals surface area contributed by atoms with E-state index in [2.05, 4.69) is 15.6 Å². The smallest absolute Gasteiger partial charge is 0.310 e. The van der Waals surface area contributed by atoms with E-state index in [-0.39, 0.29) is 5.92 Å². The van der Waals surface area contributed by atoms with E-state index in [9.17, 15) is 4.57 Å². The van der Waals surface area contributed by atoms with Crippen molar-refractivity contribution in [1.29, 1.82) is 0 Å². The number of hydrogen-bond acceptors (Lipinski definition) is 6. The van der Waals surface area contributed by atoms with Gasteiger partial charge in [-0.3, -0.25) is 4.57 Å². The van der Waals surface area contributed by atoms with Crippen LogP contribution in [0.4, 0.5) is 0 Å². The van der Waals surface area contributed by atoms with E-state index in [0.29, 0.717) is 0 Å². The summed E-state index contributed by atoms with van der Waals surface area (Å²) in [4.78, 5) is 0. The van der Waals surface area contributed by atoms with Crippen molar-refractivity contribution in [1.82, 2.24) is 14.9 Å². The van der Waals surface area contributed by atoms with Crippen LogP contribution in [-0.2, 0) is 13.6 Å². The summed E-state index contributed by atoms with van der Waals surface area (Å²) in [6, 6.07) is 0. The molecule has 92 valence electrons. The molecule has 0 radical (unpaired) electrons. The third-order valence-corrected chi connectivity index (χ3v) is 4.59. The highest BCUT2D eigenvalue weighted by Gasteiger charge is 2.36. The molecule has 0 aliphatic heterocycles. The van der Waals surface area contributed by atoms with Crippen molar-refractivity contribution >= 4 is 7.60 Å². The maximum Gasteiger partial charge on any atom is 0.353 e.